The van der Waals surface area contributed by atoms with Gasteiger partial charge in [0.1, 0.15) is 12.4 Å². The molecule has 0 spiro atoms. The number of carboxylic acids is 1. The highest BCUT2D eigenvalue weighted by Crippen LogP contribution is 2.22. The van der Waals surface area contributed by atoms with Crippen molar-refractivity contribution < 1.29 is 24.3 Å². The number of carboxylic acid groups (broad SMARTS) is 1. The summed E-state index contributed by atoms with van der Waals surface area (Å²) in [6.07, 6.45) is 2.37. The van der Waals surface area contributed by atoms with Crippen molar-refractivity contribution in [3.05, 3.63) is 70.3 Å². The van der Waals surface area contributed by atoms with Crippen molar-refractivity contribution in [1.29, 1.82) is 5.41 Å². The number of benzene rings is 2. The molecule has 1 fully saturated rings. The fourth-order valence-electron chi connectivity index (χ4n) is 4.58. The molecule has 1 aliphatic rings. The van der Waals surface area contributed by atoms with Crippen LogP contribution < -0.4 is 11.1 Å². The minimum Gasteiger partial charge on any atom is -0.480 e. The van der Waals surface area contributed by atoms with Gasteiger partial charge in [0.05, 0.1) is 12.5 Å². The number of hydrogen-bond acceptors (Lipinski definition) is 5. The molecule has 10 nitrogen and oxygen atoms in total. The number of amidine groups is 1. The van der Waals surface area contributed by atoms with Crippen LogP contribution in [0.5, 0.6) is 0 Å². The molecule has 38 heavy (non-hydrogen) atoms. The zero-order valence-electron chi connectivity index (χ0n) is 21.8. The highest BCUT2D eigenvalue weighted by atomic mass is 16.4. The van der Waals surface area contributed by atoms with Crippen LogP contribution in [0.4, 0.5) is 0 Å². The van der Waals surface area contributed by atoms with Gasteiger partial charge < -0.3 is 26.0 Å². The van der Waals surface area contributed by atoms with E-state index in [9.17, 15) is 24.3 Å². The lowest BCUT2D eigenvalue weighted by molar-refractivity contribution is -0.144. The first-order valence-electron chi connectivity index (χ1n) is 12.8. The van der Waals surface area contributed by atoms with Crippen LogP contribution in [0.15, 0.2) is 42.5 Å². The van der Waals surface area contributed by atoms with E-state index in [1.807, 2.05) is 11.8 Å². The molecule has 1 aliphatic heterocycles. The Bertz CT molecular complexity index is 1220. The molecule has 5 N–H and O–H groups in total. The van der Waals surface area contributed by atoms with Gasteiger partial charge in [-0.25, -0.2) is 0 Å². The molecule has 2 aromatic rings. The molecule has 3 amide bonds. The first-order chi connectivity index (χ1) is 18.1. The van der Waals surface area contributed by atoms with Gasteiger partial charge in [-0.15, -0.1) is 0 Å². The number of nitrogens with zero attached hydrogens (tertiary/aromatic N) is 2. The SMILES string of the molecule is CCCN(CC(=O)O)C(=O)CC(NC(=O)c1ccc(C(=O)N2CCCC2)c(C)c1)c1cccc(C(=N)N)c1. The number of aliphatic carboxylic acids is 1. The molecule has 0 aromatic heterocycles. The number of amides is 3. The van der Waals surface area contributed by atoms with E-state index in [0.717, 1.165) is 25.9 Å². The van der Waals surface area contributed by atoms with Crippen LogP contribution in [0.2, 0.25) is 0 Å². The molecule has 0 bridgehead atoms. The Hall–Kier alpha value is -4.21. The van der Waals surface area contributed by atoms with Crippen LogP contribution in [0.3, 0.4) is 0 Å². The molecule has 3 rings (SSSR count). The van der Waals surface area contributed by atoms with E-state index >= 15 is 0 Å². The number of nitrogens with two attached hydrogens (primary N) is 1. The third-order valence-corrected chi connectivity index (χ3v) is 6.57. The fourth-order valence-corrected chi connectivity index (χ4v) is 4.58. The van der Waals surface area contributed by atoms with Crippen LogP contribution in [-0.2, 0) is 9.59 Å². The fraction of sp³-hybridized carbons (Fsp3) is 0.393. The van der Waals surface area contributed by atoms with E-state index in [2.05, 4.69) is 5.32 Å². The van der Waals surface area contributed by atoms with Gasteiger partial charge in [-0.05, 0) is 61.6 Å². The Kier molecular flexibility index (Phi) is 9.59. The number of hydrogen-bond donors (Lipinski definition) is 4. The smallest absolute Gasteiger partial charge is 0.323 e. The molecular weight excluding hydrogens is 486 g/mol. The summed E-state index contributed by atoms with van der Waals surface area (Å²) in [5.74, 6) is -2.19. The third-order valence-electron chi connectivity index (χ3n) is 6.57. The number of carbonyl (C=O) groups is 4. The number of carbonyl (C=O) groups excluding carboxylic acids is 3. The monoisotopic (exact) mass is 521 g/mol. The molecule has 1 unspecified atom stereocenters. The van der Waals surface area contributed by atoms with E-state index in [1.165, 1.54) is 4.90 Å². The molecule has 0 radical (unpaired) electrons. The summed E-state index contributed by atoms with van der Waals surface area (Å²) < 4.78 is 0. The van der Waals surface area contributed by atoms with Crippen LogP contribution >= 0.6 is 0 Å². The summed E-state index contributed by atoms with van der Waals surface area (Å²) in [6.45, 7) is 4.92. The van der Waals surface area contributed by atoms with E-state index < -0.39 is 30.4 Å². The average Bonchev–Trinajstić information content (AvgIpc) is 3.42. The molecule has 1 saturated heterocycles. The molecule has 0 aliphatic carbocycles. The topological polar surface area (TPSA) is 157 Å². The minimum absolute atomic E-state index is 0.0501. The maximum atomic E-state index is 13.3. The molecule has 2 aromatic carbocycles. The summed E-state index contributed by atoms with van der Waals surface area (Å²) in [6, 6.07) is 10.8. The molecule has 10 heteroatoms. The van der Waals surface area contributed by atoms with E-state index in [-0.39, 0.29) is 24.7 Å². The standard InChI is InChI=1S/C28H35N5O5/c1-3-11-33(17-25(35)36)24(34)16-23(19-7-6-8-20(15-19)26(29)30)31-27(37)21-9-10-22(18(2)14-21)28(38)32-12-4-5-13-32/h6-10,14-15,23H,3-5,11-13,16-17H2,1-2H3,(H3,29,30)(H,31,37)(H,35,36). The molecule has 0 saturated carbocycles. The molecule has 1 atom stereocenters. The van der Waals surface area contributed by atoms with Crippen LogP contribution in [0, 0.1) is 12.3 Å². The minimum atomic E-state index is -1.12. The first-order valence-corrected chi connectivity index (χ1v) is 12.8. The predicted molar refractivity (Wildman–Crippen MR) is 143 cm³/mol. The van der Waals surface area contributed by atoms with Crippen molar-refractivity contribution in [2.75, 3.05) is 26.2 Å². The maximum absolute atomic E-state index is 13.3. The lowest BCUT2D eigenvalue weighted by atomic mass is 9.98. The quantitative estimate of drug-likeness (QED) is 0.263. The zero-order valence-corrected chi connectivity index (χ0v) is 21.8. The van der Waals surface area contributed by atoms with Gasteiger partial charge in [0.15, 0.2) is 0 Å². The molecular formula is C28H35N5O5. The van der Waals surface area contributed by atoms with Gasteiger partial charge in [-0.1, -0.05) is 25.1 Å². The van der Waals surface area contributed by atoms with Crippen LogP contribution in [0.1, 0.15) is 76.1 Å². The second-order valence-electron chi connectivity index (χ2n) is 9.51. The van der Waals surface area contributed by atoms with Crippen molar-refractivity contribution in [1.82, 2.24) is 15.1 Å². The molecule has 202 valence electrons. The summed E-state index contributed by atoms with van der Waals surface area (Å²) in [5, 5.41) is 19.9. The van der Waals surface area contributed by atoms with Gasteiger partial charge in [0, 0.05) is 36.3 Å². The first kappa shape index (κ1) is 28.4. The Morgan fingerprint density at radius 1 is 1.11 bits per heavy atom. The van der Waals surface area contributed by atoms with Gasteiger partial charge in [-0.3, -0.25) is 24.6 Å². The number of aryl methyl sites for hydroxylation is 1. The lowest BCUT2D eigenvalue weighted by Gasteiger charge is -2.25. The number of rotatable bonds is 11. The van der Waals surface area contributed by atoms with Gasteiger partial charge >= 0.3 is 5.97 Å². The number of nitrogen functional groups attached to an aromatic ring is 1. The summed E-state index contributed by atoms with van der Waals surface area (Å²) >= 11 is 0. The van der Waals surface area contributed by atoms with Crippen LogP contribution in [-0.4, -0.2) is 70.6 Å². The lowest BCUT2D eigenvalue weighted by Crippen LogP contribution is -2.39. The van der Waals surface area contributed by atoms with Gasteiger partial charge in [0.25, 0.3) is 11.8 Å². The van der Waals surface area contributed by atoms with E-state index in [1.54, 1.807) is 49.4 Å². The van der Waals surface area contributed by atoms with Gasteiger partial charge in [0.2, 0.25) is 5.91 Å². The Morgan fingerprint density at radius 3 is 2.42 bits per heavy atom. The highest BCUT2D eigenvalue weighted by molar-refractivity contribution is 5.99. The number of likely N-dealkylation sites (tertiary alicyclic amines) is 1. The Morgan fingerprint density at radius 2 is 1.82 bits per heavy atom. The Balaban J connectivity index is 1.86. The third kappa shape index (κ3) is 7.18. The van der Waals surface area contributed by atoms with Crippen molar-refractivity contribution in [3.8, 4) is 0 Å². The highest BCUT2D eigenvalue weighted by Gasteiger charge is 2.25. The normalized spacial score (nSPS) is 13.6. The second kappa shape index (κ2) is 12.8. The van der Waals surface area contributed by atoms with Gasteiger partial charge in [-0.2, -0.15) is 0 Å². The zero-order chi connectivity index (χ0) is 27.8. The summed E-state index contributed by atoms with van der Waals surface area (Å²) in [7, 11) is 0. The van der Waals surface area contributed by atoms with Crippen molar-refractivity contribution in [2.45, 2.75) is 45.6 Å². The van der Waals surface area contributed by atoms with E-state index in [4.69, 9.17) is 11.1 Å². The maximum Gasteiger partial charge on any atom is 0.323 e. The van der Waals surface area contributed by atoms with Crippen LogP contribution in [0.25, 0.3) is 0 Å². The van der Waals surface area contributed by atoms with Crippen molar-refractivity contribution >= 4 is 29.5 Å². The number of nitrogens with one attached hydrogen (secondary N) is 2. The summed E-state index contributed by atoms with van der Waals surface area (Å²) in [5.41, 5.74) is 8.20. The predicted octanol–water partition coefficient (Wildman–Crippen LogP) is 2.70. The summed E-state index contributed by atoms with van der Waals surface area (Å²) in [4.78, 5) is 53.6. The van der Waals surface area contributed by atoms with Crippen molar-refractivity contribution in [3.63, 3.8) is 0 Å². The van der Waals surface area contributed by atoms with E-state index in [0.29, 0.717) is 34.2 Å². The Labute approximate surface area is 222 Å². The molecule has 1 heterocycles. The second-order valence-corrected chi connectivity index (χ2v) is 9.51. The largest absolute Gasteiger partial charge is 0.480 e. The van der Waals surface area contributed by atoms with Crippen molar-refractivity contribution in [2.24, 2.45) is 5.73 Å². The average molecular weight is 522 g/mol.